The van der Waals surface area contributed by atoms with Gasteiger partial charge in [0.15, 0.2) is 0 Å². The van der Waals surface area contributed by atoms with Crippen molar-refractivity contribution < 1.29 is 22.7 Å². The molecule has 0 saturated carbocycles. The van der Waals surface area contributed by atoms with Gasteiger partial charge in [0.2, 0.25) is 5.88 Å². The van der Waals surface area contributed by atoms with Gasteiger partial charge in [-0.2, -0.15) is 13.2 Å². The van der Waals surface area contributed by atoms with Gasteiger partial charge in [0.1, 0.15) is 6.04 Å². The van der Waals surface area contributed by atoms with E-state index >= 15 is 0 Å². The number of halogens is 3. The quantitative estimate of drug-likeness (QED) is 0.773. The molecule has 9 heteroatoms. The number of pyridine rings is 1. The lowest BCUT2D eigenvalue weighted by atomic mass is 9.92. The molecule has 136 valence electrons. The van der Waals surface area contributed by atoms with Crippen molar-refractivity contribution in [1.29, 1.82) is 0 Å². The Morgan fingerprint density at radius 2 is 2.12 bits per heavy atom. The molecule has 1 aromatic rings. The normalized spacial score (nSPS) is 17.9. The van der Waals surface area contributed by atoms with E-state index in [0.29, 0.717) is 5.56 Å². The third kappa shape index (κ3) is 4.23. The van der Waals surface area contributed by atoms with E-state index in [1.165, 1.54) is 25.4 Å². The third-order valence-corrected chi connectivity index (χ3v) is 3.62. The van der Waals surface area contributed by atoms with Crippen LogP contribution in [0.4, 0.5) is 18.0 Å². The number of allylic oxidation sites excluding steroid dienone is 2. The first kappa shape index (κ1) is 18.6. The van der Waals surface area contributed by atoms with Gasteiger partial charge in [0.05, 0.1) is 12.8 Å². The van der Waals surface area contributed by atoms with Crippen molar-refractivity contribution in [3.8, 4) is 5.88 Å². The number of rotatable bonds is 4. The molecule has 0 radical (unpaired) electrons. The average molecular weight is 356 g/mol. The van der Waals surface area contributed by atoms with Crippen molar-refractivity contribution in [3.05, 3.63) is 41.4 Å². The second-order valence-electron chi connectivity index (χ2n) is 5.76. The number of alkyl halides is 3. The largest absolute Gasteiger partial charge is 0.481 e. The molecule has 1 unspecified atom stereocenters. The number of nitrogens with two attached hydrogens (primary N) is 1. The molecule has 25 heavy (non-hydrogen) atoms. The zero-order valence-corrected chi connectivity index (χ0v) is 13.9. The summed E-state index contributed by atoms with van der Waals surface area (Å²) in [6, 6.07) is 0.267. The number of amides is 2. The summed E-state index contributed by atoms with van der Waals surface area (Å²) >= 11 is 0. The van der Waals surface area contributed by atoms with Crippen molar-refractivity contribution >= 4 is 11.6 Å². The summed E-state index contributed by atoms with van der Waals surface area (Å²) in [5.74, 6) is -0.0656. The Morgan fingerprint density at radius 1 is 1.44 bits per heavy atom. The van der Waals surface area contributed by atoms with Crippen LogP contribution in [0.3, 0.4) is 0 Å². The van der Waals surface area contributed by atoms with Crippen LogP contribution >= 0.6 is 0 Å². The number of carbonyl (C=O) groups excluding carboxylic acids is 1. The number of ether oxygens (including phenoxy) is 1. The third-order valence-electron chi connectivity index (χ3n) is 3.62. The topological polar surface area (TPSA) is 89.3 Å². The molecule has 4 N–H and O–H groups in total. The maximum Gasteiger partial charge on any atom is 0.412 e. The monoisotopic (exact) mass is 356 g/mol. The molecule has 1 aliphatic heterocycles. The number of hydrogen-bond donors (Lipinski definition) is 3. The SMILES string of the molecule is COc1cc(C2=CC(C(F)(F)F)NC(C(C)C)=C2NC(N)=O)ccn1. The molecule has 0 bridgehead atoms. The van der Waals surface area contributed by atoms with Crippen LogP contribution in [0.15, 0.2) is 35.8 Å². The molecule has 2 amide bonds. The number of nitrogens with zero attached hydrogens (tertiary/aromatic N) is 1. The van der Waals surface area contributed by atoms with E-state index in [1.807, 2.05) is 0 Å². The molecular formula is C16H19F3N4O2. The minimum absolute atomic E-state index is 0.198. The summed E-state index contributed by atoms with van der Waals surface area (Å²) in [4.78, 5) is 15.3. The van der Waals surface area contributed by atoms with E-state index in [1.54, 1.807) is 13.8 Å². The molecule has 1 aromatic heterocycles. The molecule has 0 aromatic carbocycles. The standard InChI is InChI=1S/C16H19F3N4O2/c1-8(2)13-14(23-15(20)24)10(7-11(22-13)16(17,18)19)9-4-5-21-12(6-9)25-3/h4-8,11,22H,1-3H3,(H3,20,23,24). The Bertz CT molecular complexity index is 726. The van der Waals surface area contributed by atoms with E-state index in [0.717, 1.165) is 6.08 Å². The van der Waals surface area contributed by atoms with Crippen LogP contribution in [0.2, 0.25) is 0 Å². The zero-order chi connectivity index (χ0) is 18.8. The Morgan fingerprint density at radius 3 is 2.64 bits per heavy atom. The van der Waals surface area contributed by atoms with Crippen LogP contribution in [-0.2, 0) is 0 Å². The van der Waals surface area contributed by atoms with Crippen LogP contribution in [0.5, 0.6) is 5.88 Å². The minimum atomic E-state index is -4.50. The van der Waals surface area contributed by atoms with Crippen LogP contribution in [0.1, 0.15) is 19.4 Å². The van der Waals surface area contributed by atoms with Crippen LogP contribution < -0.4 is 21.1 Å². The van der Waals surface area contributed by atoms with E-state index < -0.39 is 18.2 Å². The first-order valence-corrected chi connectivity index (χ1v) is 7.50. The first-order valence-electron chi connectivity index (χ1n) is 7.50. The fourth-order valence-electron chi connectivity index (χ4n) is 2.50. The van der Waals surface area contributed by atoms with Gasteiger partial charge in [-0.05, 0) is 23.6 Å². The lowest BCUT2D eigenvalue weighted by Gasteiger charge is -2.32. The smallest absolute Gasteiger partial charge is 0.412 e. The Labute approximate surface area is 142 Å². The van der Waals surface area contributed by atoms with Crippen molar-refractivity contribution in [2.75, 3.05) is 7.11 Å². The number of dihydropyridines is 1. The number of primary amides is 1. The van der Waals surface area contributed by atoms with Gasteiger partial charge in [0, 0.05) is 23.5 Å². The number of aromatic nitrogens is 1. The highest BCUT2D eigenvalue weighted by Crippen LogP contribution is 2.35. The fraction of sp³-hybridized carbons (Fsp3) is 0.375. The first-order chi connectivity index (χ1) is 11.6. The van der Waals surface area contributed by atoms with E-state index in [9.17, 15) is 18.0 Å². The van der Waals surface area contributed by atoms with Crippen LogP contribution in [0, 0.1) is 5.92 Å². The van der Waals surface area contributed by atoms with Gasteiger partial charge in [0.25, 0.3) is 0 Å². The lowest BCUT2D eigenvalue weighted by Crippen LogP contribution is -2.46. The summed E-state index contributed by atoms with van der Waals surface area (Å²) in [6.45, 7) is 3.43. The van der Waals surface area contributed by atoms with E-state index in [2.05, 4.69) is 15.6 Å². The molecule has 0 aliphatic carbocycles. The highest BCUT2D eigenvalue weighted by molar-refractivity contribution is 5.87. The van der Waals surface area contributed by atoms with Crippen molar-refractivity contribution in [2.24, 2.45) is 11.7 Å². The van der Waals surface area contributed by atoms with Gasteiger partial charge in [-0.15, -0.1) is 0 Å². The second-order valence-corrected chi connectivity index (χ2v) is 5.76. The zero-order valence-electron chi connectivity index (χ0n) is 13.9. The van der Waals surface area contributed by atoms with Crippen LogP contribution in [0.25, 0.3) is 5.57 Å². The summed E-state index contributed by atoms with van der Waals surface area (Å²) in [7, 11) is 1.40. The Balaban J connectivity index is 2.64. The molecule has 0 saturated heterocycles. The molecule has 1 atom stereocenters. The van der Waals surface area contributed by atoms with Gasteiger partial charge >= 0.3 is 12.2 Å². The van der Waals surface area contributed by atoms with Gasteiger partial charge in [-0.3, -0.25) is 0 Å². The number of carbonyl (C=O) groups is 1. The highest BCUT2D eigenvalue weighted by atomic mass is 19.4. The number of hydrogen-bond acceptors (Lipinski definition) is 4. The van der Waals surface area contributed by atoms with E-state index in [4.69, 9.17) is 10.5 Å². The van der Waals surface area contributed by atoms with Crippen molar-refractivity contribution in [1.82, 2.24) is 15.6 Å². The molecule has 0 spiro atoms. The summed E-state index contributed by atoms with van der Waals surface area (Å²) in [5.41, 5.74) is 6.27. The molecule has 6 nitrogen and oxygen atoms in total. The Kier molecular flexibility index (Phi) is 5.24. The average Bonchev–Trinajstić information content (AvgIpc) is 2.53. The predicted molar refractivity (Wildman–Crippen MR) is 86.3 cm³/mol. The van der Waals surface area contributed by atoms with Crippen molar-refractivity contribution in [3.63, 3.8) is 0 Å². The Hall–Kier alpha value is -2.71. The summed E-state index contributed by atoms with van der Waals surface area (Å²) in [5, 5.41) is 4.87. The number of methoxy groups -OCH3 is 1. The number of nitrogens with one attached hydrogen (secondary N) is 2. The highest BCUT2D eigenvalue weighted by Gasteiger charge is 2.42. The van der Waals surface area contributed by atoms with Crippen molar-refractivity contribution in [2.45, 2.75) is 26.1 Å². The predicted octanol–water partition coefficient (Wildman–Crippen LogP) is 2.54. The molecule has 0 fully saturated rings. The fourth-order valence-corrected chi connectivity index (χ4v) is 2.50. The van der Waals surface area contributed by atoms with Gasteiger partial charge < -0.3 is 21.1 Å². The molecule has 1 aliphatic rings. The summed E-state index contributed by atoms with van der Waals surface area (Å²) in [6.07, 6.45) is -2.08. The molecule has 2 rings (SSSR count). The van der Waals surface area contributed by atoms with E-state index in [-0.39, 0.29) is 28.8 Å². The maximum atomic E-state index is 13.3. The minimum Gasteiger partial charge on any atom is -0.481 e. The molecule has 2 heterocycles. The molecular weight excluding hydrogens is 337 g/mol. The summed E-state index contributed by atoms with van der Waals surface area (Å²) < 4.78 is 45.0. The van der Waals surface area contributed by atoms with Gasteiger partial charge in [-0.1, -0.05) is 13.8 Å². The maximum absolute atomic E-state index is 13.3. The van der Waals surface area contributed by atoms with Gasteiger partial charge in [-0.25, -0.2) is 9.78 Å². The number of urea groups is 1. The lowest BCUT2D eigenvalue weighted by molar-refractivity contribution is -0.143. The second kappa shape index (κ2) is 7.04. The van der Waals surface area contributed by atoms with Crippen LogP contribution in [-0.4, -0.2) is 30.3 Å².